The predicted molar refractivity (Wildman–Crippen MR) is 78.5 cm³/mol. The van der Waals surface area contributed by atoms with E-state index < -0.39 is 0 Å². The van der Waals surface area contributed by atoms with Gasteiger partial charge in [-0.15, -0.1) is 13.2 Å². The second kappa shape index (κ2) is 7.40. The van der Waals surface area contributed by atoms with Crippen LogP contribution in [0.3, 0.4) is 0 Å². The fraction of sp³-hybridized carbons (Fsp3) is 0.143. The van der Waals surface area contributed by atoms with E-state index in [0.29, 0.717) is 23.8 Å². The molecule has 0 fully saturated rings. The Hall–Kier alpha value is -1.94. The molecule has 0 aromatic heterocycles. The van der Waals surface area contributed by atoms with Gasteiger partial charge in [0, 0.05) is 18.7 Å². The summed E-state index contributed by atoms with van der Waals surface area (Å²) in [5.74, 6) is -0.210. The fourth-order valence-electron chi connectivity index (χ4n) is 1.39. The van der Waals surface area contributed by atoms with Crippen molar-refractivity contribution >= 4 is 23.2 Å². The lowest BCUT2D eigenvalue weighted by atomic mass is 10.2. The molecule has 0 unspecified atom stereocenters. The Balaban J connectivity index is 2.65. The van der Waals surface area contributed by atoms with Crippen LogP contribution in [0.1, 0.15) is 10.4 Å². The molecule has 18 heavy (non-hydrogen) atoms. The monoisotopic (exact) mass is 260 g/mol. The molecule has 4 heteroatoms. The molecular weight excluding hydrogens is 244 g/mol. The Bertz CT molecular complexity index is 432. The molecule has 0 saturated carbocycles. The van der Waals surface area contributed by atoms with Crippen LogP contribution in [0.4, 0.5) is 0 Å². The first-order valence-electron chi connectivity index (χ1n) is 5.56. The molecule has 3 nitrogen and oxygen atoms in total. The highest BCUT2D eigenvalue weighted by atomic mass is 32.1. The molecule has 0 heterocycles. The van der Waals surface area contributed by atoms with Crippen LogP contribution in [0.5, 0.6) is 0 Å². The lowest BCUT2D eigenvalue weighted by molar-refractivity contribution is 0.0974. The minimum Gasteiger partial charge on any atom is -0.342 e. The highest BCUT2D eigenvalue weighted by Crippen LogP contribution is 1.99. The van der Waals surface area contributed by atoms with Gasteiger partial charge in [0.2, 0.25) is 0 Å². The minimum atomic E-state index is -0.210. The molecule has 0 aliphatic rings. The van der Waals surface area contributed by atoms with Crippen molar-refractivity contribution in [3.63, 3.8) is 0 Å². The van der Waals surface area contributed by atoms with Gasteiger partial charge in [-0.05, 0) is 24.4 Å². The Labute approximate surface area is 113 Å². The molecule has 1 aromatic rings. The van der Waals surface area contributed by atoms with Gasteiger partial charge in [-0.1, -0.05) is 30.4 Å². The van der Waals surface area contributed by atoms with Gasteiger partial charge in [0.05, 0.1) is 0 Å². The lowest BCUT2D eigenvalue weighted by Gasteiger charge is -2.22. The summed E-state index contributed by atoms with van der Waals surface area (Å²) < 4.78 is 0. The van der Waals surface area contributed by atoms with Crippen LogP contribution < -0.4 is 5.32 Å². The summed E-state index contributed by atoms with van der Waals surface area (Å²) in [6, 6.07) is 8.95. The van der Waals surface area contributed by atoms with E-state index in [2.05, 4.69) is 18.5 Å². The maximum Gasteiger partial charge on any atom is 0.257 e. The number of nitrogens with zero attached hydrogens (tertiary/aromatic N) is 1. The second-order valence-corrected chi connectivity index (χ2v) is 3.99. The zero-order valence-electron chi connectivity index (χ0n) is 10.1. The number of carbonyl (C=O) groups excluding carboxylic acids is 1. The number of hydrogen-bond donors (Lipinski definition) is 1. The molecule has 1 aromatic carbocycles. The quantitative estimate of drug-likeness (QED) is 0.651. The summed E-state index contributed by atoms with van der Waals surface area (Å²) >= 11 is 5.18. The molecule has 0 aliphatic heterocycles. The summed E-state index contributed by atoms with van der Waals surface area (Å²) in [5.41, 5.74) is 0.581. The van der Waals surface area contributed by atoms with Crippen molar-refractivity contribution in [2.24, 2.45) is 0 Å². The predicted octanol–water partition coefficient (Wildman–Crippen LogP) is 2.38. The van der Waals surface area contributed by atoms with Gasteiger partial charge in [0.15, 0.2) is 5.11 Å². The fourth-order valence-corrected chi connectivity index (χ4v) is 1.63. The normalized spacial score (nSPS) is 9.33. The summed E-state index contributed by atoms with van der Waals surface area (Å²) in [6.07, 6.45) is 3.45. The van der Waals surface area contributed by atoms with E-state index in [4.69, 9.17) is 12.2 Å². The maximum absolute atomic E-state index is 11.9. The minimum absolute atomic E-state index is 0.210. The molecule has 0 bridgehead atoms. The number of benzene rings is 1. The van der Waals surface area contributed by atoms with Crippen LogP contribution in [-0.2, 0) is 0 Å². The lowest BCUT2D eigenvalue weighted by Crippen LogP contribution is -2.42. The van der Waals surface area contributed by atoms with Crippen LogP contribution in [0, 0.1) is 0 Å². The van der Waals surface area contributed by atoms with E-state index in [9.17, 15) is 4.79 Å². The number of carbonyl (C=O) groups is 1. The highest BCUT2D eigenvalue weighted by Gasteiger charge is 2.11. The Morgan fingerprint density at radius 1 is 1.22 bits per heavy atom. The number of hydrogen-bond acceptors (Lipinski definition) is 2. The summed E-state index contributed by atoms with van der Waals surface area (Å²) in [4.78, 5) is 13.7. The third kappa shape index (κ3) is 4.14. The van der Waals surface area contributed by atoms with Gasteiger partial charge in [-0.25, -0.2) is 0 Å². The molecule has 1 rings (SSSR count). The first-order valence-corrected chi connectivity index (χ1v) is 5.97. The molecule has 0 saturated heterocycles. The molecule has 1 amide bonds. The highest BCUT2D eigenvalue weighted by molar-refractivity contribution is 7.80. The van der Waals surface area contributed by atoms with Crippen molar-refractivity contribution in [3.8, 4) is 0 Å². The van der Waals surface area contributed by atoms with Crippen LogP contribution >= 0.6 is 12.2 Å². The smallest absolute Gasteiger partial charge is 0.257 e. The average Bonchev–Trinajstić information content (AvgIpc) is 2.39. The average molecular weight is 260 g/mol. The molecule has 1 N–H and O–H groups in total. The largest absolute Gasteiger partial charge is 0.342 e. The van der Waals surface area contributed by atoms with Crippen LogP contribution in [0.2, 0.25) is 0 Å². The number of thiocarbonyl (C=S) groups is 1. The van der Waals surface area contributed by atoms with Crippen molar-refractivity contribution < 1.29 is 4.79 Å². The van der Waals surface area contributed by atoms with Gasteiger partial charge in [-0.3, -0.25) is 10.1 Å². The van der Waals surface area contributed by atoms with Crippen LogP contribution in [-0.4, -0.2) is 29.0 Å². The Morgan fingerprint density at radius 3 is 2.28 bits per heavy atom. The number of nitrogens with one attached hydrogen (secondary N) is 1. The number of rotatable bonds is 5. The van der Waals surface area contributed by atoms with Gasteiger partial charge in [0.25, 0.3) is 5.91 Å². The van der Waals surface area contributed by atoms with Gasteiger partial charge >= 0.3 is 0 Å². The van der Waals surface area contributed by atoms with E-state index in [1.807, 2.05) is 18.2 Å². The molecule has 0 aliphatic carbocycles. The summed E-state index contributed by atoms with van der Waals surface area (Å²) in [5, 5.41) is 3.07. The summed E-state index contributed by atoms with van der Waals surface area (Å²) in [7, 11) is 0. The van der Waals surface area contributed by atoms with Crippen molar-refractivity contribution in [3.05, 3.63) is 61.2 Å². The topological polar surface area (TPSA) is 32.3 Å². The van der Waals surface area contributed by atoms with Gasteiger partial charge < -0.3 is 4.90 Å². The Morgan fingerprint density at radius 2 is 1.78 bits per heavy atom. The summed E-state index contributed by atoms with van der Waals surface area (Å²) in [6.45, 7) is 8.45. The van der Waals surface area contributed by atoms with E-state index in [-0.39, 0.29) is 5.91 Å². The van der Waals surface area contributed by atoms with Gasteiger partial charge in [-0.2, -0.15) is 0 Å². The van der Waals surface area contributed by atoms with Crippen LogP contribution in [0.25, 0.3) is 0 Å². The number of amides is 1. The second-order valence-electron chi connectivity index (χ2n) is 3.61. The molecule has 0 atom stereocenters. The van der Waals surface area contributed by atoms with Crippen molar-refractivity contribution in [1.29, 1.82) is 0 Å². The first-order chi connectivity index (χ1) is 8.69. The molecular formula is C14H16N2OS. The molecule has 0 radical (unpaired) electrons. The van der Waals surface area contributed by atoms with Crippen LogP contribution in [0.15, 0.2) is 55.6 Å². The Kier molecular flexibility index (Phi) is 5.80. The SMILES string of the molecule is C=CCN(CC=C)C(=S)NC(=O)c1ccccc1. The third-order valence-corrected chi connectivity index (χ3v) is 2.60. The van der Waals surface area contributed by atoms with E-state index >= 15 is 0 Å². The van der Waals surface area contributed by atoms with E-state index in [1.54, 1.807) is 29.2 Å². The molecule has 0 spiro atoms. The van der Waals surface area contributed by atoms with E-state index in [0.717, 1.165) is 0 Å². The zero-order chi connectivity index (χ0) is 13.4. The maximum atomic E-state index is 11.9. The standard InChI is InChI=1S/C14H16N2OS/c1-3-10-16(11-4-2)14(18)15-13(17)12-8-6-5-7-9-12/h3-9H,1-2,10-11H2,(H,15,17,18). The van der Waals surface area contributed by atoms with Crippen molar-refractivity contribution in [2.45, 2.75) is 0 Å². The zero-order valence-corrected chi connectivity index (χ0v) is 11.0. The van der Waals surface area contributed by atoms with Gasteiger partial charge in [0.1, 0.15) is 0 Å². The van der Waals surface area contributed by atoms with E-state index in [1.165, 1.54) is 0 Å². The molecule has 94 valence electrons. The van der Waals surface area contributed by atoms with Crippen molar-refractivity contribution in [1.82, 2.24) is 10.2 Å². The first kappa shape index (κ1) is 14.1. The third-order valence-electron chi connectivity index (χ3n) is 2.24. The van der Waals surface area contributed by atoms with Crippen molar-refractivity contribution in [2.75, 3.05) is 13.1 Å².